The minimum absolute atomic E-state index is 0.116. The van der Waals surface area contributed by atoms with E-state index in [1.165, 1.54) is 0 Å². The normalized spacial score (nSPS) is 11.5. The van der Waals surface area contributed by atoms with Gasteiger partial charge in [-0.2, -0.15) is 0 Å². The third-order valence-corrected chi connectivity index (χ3v) is 3.80. The highest BCUT2D eigenvalue weighted by Crippen LogP contribution is 2.15. The summed E-state index contributed by atoms with van der Waals surface area (Å²) in [4.78, 5) is 28.2. The number of pyridine rings is 1. The molecule has 26 heavy (non-hydrogen) atoms. The molecule has 0 spiro atoms. The van der Waals surface area contributed by atoms with Crippen molar-refractivity contribution in [3.05, 3.63) is 59.9 Å². The van der Waals surface area contributed by atoms with Crippen molar-refractivity contribution in [1.82, 2.24) is 15.6 Å². The van der Waals surface area contributed by atoms with Crippen LogP contribution in [0.4, 0.5) is 10.5 Å². The first-order valence-electron chi connectivity index (χ1n) is 8.48. The Morgan fingerprint density at radius 2 is 1.96 bits per heavy atom. The van der Waals surface area contributed by atoms with Gasteiger partial charge >= 0.3 is 6.03 Å². The van der Waals surface area contributed by atoms with Crippen molar-refractivity contribution in [2.24, 2.45) is 0 Å². The molecule has 0 saturated carbocycles. The van der Waals surface area contributed by atoms with Crippen LogP contribution in [0.1, 0.15) is 35.3 Å². The Hall–Kier alpha value is -2.93. The Bertz CT molecular complexity index is 704. The largest absolute Gasteiger partial charge is 0.383 e. The zero-order chi connectivity index (χ0) is 18.8. The molecule has 0 saturated heterocycles. The van der Waals surface area contributed by atoms with Crippen molar-refractivity contribution < 1.29 is 14.3 Å². The Morgan fingerprint density at radius 3 is 2.58 bits per heavy atom. The fraction of sp³-hybridized carbons (Fsp3) is 0.316. The molecule has 7 nitrogen and oxygen atoms in total. The van der Waals surface area contributed by atoms with Gasteiger partial charge in [0.2, 0.25) is 0 Å². The molecule has 0 aliphatic rings. The first kappa shape index (κ1) is 19.4. The van der Waals surface area contributed by atoms with Gasteiger partial charge in [0.1, 0.15) is 0 Å². The van der Waals surface area contributed by atoms with E-state index < -0.39 is 0 Å². The maximum absolute atomic E-state index is 12.2. The van der Waals surface area contributed by atoms with Crippen LogP contribution in [0, 0.1) is 0 Å². The zero-order valence-electron chi connectivity index (χ0n) is 15.0. The molecule has 0 aliphatic heterocycles. The number of benzene rings is 1. The molecule has 0 aliphatic carbocycles. The molecule has 0 radical (unpaired) electrons. The highest BCUT2D eigenvalue weighted by atomic mass is 16.5. The van der Waals surface area contributed by atoms with Gasteiger partial charge in [-0.25, -0.2) is 4.79 Å². The Morgan fingerprint density at radius 1 is 1.19 bits per heavy atom. The van der Waals surface area contributed by atoms with Crippen molar-refractivity contribution >= 4 is 17.6 Å². The predicted molar refractivity (Wildman–Crippen MR) is 100 cm³/mol. The molecule has 138 valence electrons. The van der Waals surface area contributed by atoms with Gasteiger partial charge < -0.3 is 20.7 Å². The molecule has 1 unspecified atom stereocenters. The van der Waals surface area contributed by atoms with E-state index in [0.29, 0.717) is 24.4 Å². The van der Waals surface area contributed by atoms with Crippen LogP contribution in [0.5, 0.6) is 0 Å². The van der Waals surface area contributed by atoms with Crippen LogP contribution in [0.15, 0.2) is 48.8 Å². The van der Waals surface area contributed by atoms with Crippen LogP contribution in [0.3, 0.4) is 0 Å². The standard InChI is InChI=1S/C19H24N4O3/c1-3-17(15-5-4-10-20-13-15)23-19(25)22-16-8-6-14(7-9-16)18(24)21-11-12-26-2/h4-10,13,17H,3,11-12H2,1-2H3,(H,21,24)(H2,22,23,25). The summed E-state index contributed by atoms with van der Waals surface area (Å²) in [7, 11) is 1.58. The van der Waals surface area contributed by atoms with E-state index in [1.54, 1.807) is 43.8 Å². The summed E-state index contributed by atoms with van der Waals surface area (Å²) in [5.74, 6) is -0.180. The van der Waals surface area contributed by atoms with E-state index in [-0.39, 0.29) is 18.0 Å². The Kier molecular flexibility index (Phi) is 7.57. The lowest BCUT2D eigenvalue weighted by Gasteiger charge is -2.17. The molecule has 2 rings (SSSR count). The number of methoxy groups -OCH3 is 1. The maximum Gasteiger partial charge on any atom is 0.319 e. The van der Waals surface area contributed by atoms with E-state index >= 15 is 0 Å². The Balaban J connectivity index is 1.89. The van der Waals surface area contributed by atoms with Crippen molar-refractivity contribution in [2.75, 3.05) is 25.6 Å². The number of ether oxygens (including phenoxy) is 1. The number of amides is 3. The van der Waals surface area contributed by atoms with Gasteiger partial charge in [0, 0.05) is 37.3 Å². The predicted octanol–water partition coefficient (Wildman–Crippen LogP) is 2.73. The molecular formula is C19H24N4O3. The highest BCUT2D eigenvalue weighted by Gasteiger charge is 2.13. The van der Waals surface area contributed by atoms with Crippen LogP contribution in [-0.4, -0.2) is 37.2 Å². The highest BCUT2D eigenvalue weighted by molar-refractivity contribution is 5.95. The smallest absolute Gasteiger partial charge is 0.319 e. The summed E-state index contributed by atoms with van der Waals surface area (Å²) >= 11 is 0. The number of nitrogens with zero attached hydrogens (tertiary/aromatic N) is 1. The average molecular weight is 356 g/mol. The minimum Gasteiger partial charge on any atom is -0.383 e. The van der Waals surface area contributed by atoms with Crippen LogP contribution >= 0.6 is 0 Å². The van der Waals surface area contributed by atoms with E-state index in [4.69, 9.17) is 4.74 Å². The summed E-state index contributed by atoms with van der Waals surface area (Å²) in [5, 5.41) is 8.44. The zero-order valence-corrected chi connectivity index (χ0v) is 15.0. The van der Waals surface area contributed by atoms with Gasteiger partial charge in [0.25, 0.3) is 5.91 Å². The van der Waals surface area contributed by atoms with Crippen LogP contribution in [0.25, 0.3) is 0 Å². The number of hydrogen-bond acceptors (Lipinski definition) is 4. The van der Waals surface area contributed by atoms with Gasteiger partial charge in [-0.3, -0.25) is 9.78 Å². The number of rotatable bonds is 8. The summed E-state index contributed by atoms with van der Waals surface area (Å²) in [6.45, 7) is 2.90. The van der Waals surface area contributed by atoms with Crippen molar-refractivity contribution in [3.63, 3.8) is 0 Å². The van der Waals surface area contributed by atoms with E-state index in [2.05, 4.69) is 20.9 Å². The topological polar surface area (TPSA) is 92.4 Å². The molecule has 3 amide bonds. The number of hydrogen-bond donors (Lipinski definition) is 3. The van der Waals surface area contributed by atoms with E-state index in [0.717, 1.165) is 12.0 Å². The molecule has 0 fully saturated rings. The molecule has 2 aromatic rings. The molecule has 1 atom stereocenters. The quantitative estimate of drug-likeness (QED) is 0.634. The third kappa shape index (κ3) is 5.86. The molecule has 3 N–H and O–H groups in total. The first-order chi connectivity index (χ1) is 12.6. The fourth-order valence-corrected chi connectivity index (χ4v) is 2.40. The SMILES string of the molecule is CCC(NC(=O)Nc1ccc(C(=O)NCCOC)cc1)c1cccnc1. The number of urea groups is 1. The van der Waals surface area contributed by atoms with Gasteiger partial charge in [0.05, 0.1) is 12.6 Å². The first-order valence-corrected chi connectivity index (χ1v) is 8.48. The number of carbonyl (C=O) groups is 2. The summed E-state index contributed by atoms with van der Waals surface area (Å²) in [6, 6.07) is 10.1. The number of nitrogens with one attached hydrogen (secondary N) is 3. The molecule has 0 bridgehead atoms. The van der Waals surface area contributed by atoms with E-state index in [1.807, 2.05) is 19.1 Å². The van der Waals surface area contributed by atoms with Crippen LogP contribution in [-0.2, 0) is 4.74 Å². The lowest BCUT2D eigenvalue weighted by Crippen LogP contribution is -2.32. The van der Waals surface area contributed by atoms with Crippen LogP contribution in [0.2, 0.25) is 0 Å². The number of anilines is 1. The molecule has 1 heterocycles. The molecule has 1 aromatic heterocycles. The maximum atomic E-state index is 12.2. The third-order valence-electron chi connectivity index (χ3n) is 3.80. The molecule has 7 heteroatoms. The number of carbonyl (C=O) groups excluding carboxylic acids is 2. The van der Waals surface area contributed by atoms with Crippen molar-refractivity contribution in [2.45, 2.75) is 19.4 Å². The van der Waals surface area contributed by atoms with Crippen molar-refractivity contribution in [3.8, 4) is 0 Å². The summed E-state index contributed by atoms with van der Waals surface area (Å²) in [5.41, 5.74) is 2.08. The second kappa shape index (κ2) is 10.1. The Labute approximate surface area is 153 Å². The molecular weight excluding hydrogens is 332 g/mol. The second-order valence-corrected chi connectivity index (χ2v) is 5.67. The van der Waals surface area contributed by atoms with Gasteiger partial charge in [-0.1, -0.05) is 13.0 Å². The van der Waals surface area contributed by atoms with Gasteiger partial charge in [-0.15, -0.1) is 0 Å². The monoisotopic (exact) mass is 356 g/mol. The molecule has 1 aromatic carbocycles. The van der Waals surface area contributed by atoms with Gasteiger partial charge in [0.15, 0.2) is 0 Å². The second-order valence-electron chi connectivity index (χ2n) is 5.67. The average Bonchev–Trinajstić information content (AvgIpc) is 2.67. The fourth-order valence-electron chi connectivity index (χ4n) is 2.40. The van der Waals surface area contributed by atoms with Gasteiger partial charge in [-0.05, 0) is 42.3 Å². The summed E-state index contributed by atoms with van der Waals surface area (Å²) < 4.78 is 4.89. The lowest BCUT2D eigenvalue weighted by molar-refractivity contribution is 0.0937. The van der Waals surface area contributed by atoms with Crippen LogP contribution < -0.4 is 16.0 Å². The lowest BCUT2D eigenvalue weighted by atomic mass is 10.1. The van der Waals surface area contributed by atoms with E-state index in [9.17, 15) is 9.59 Å². The minimum atomic E-state index is -0.307. The summed E-state index contributed by atoms with van der Waals surface area (Å²) in [6.07, 6.45) is 4.19. The number of aromatic nitrogens is 1. The van der Waals surface area contributed by atoms with Crippen molar-refractivity contribution in [1.29, 1.82) is 0 Å².